The topological polar surface area (TPSA) is 149 Å². The quantitative estimate of drug-likeness (QED) is 0.0574. The number of carbonyl (C=O) groups is 4. The molecule has 57 heavy (non-hydrogen) atoms. The molecule has 12 nitrogen and oxygen atoms in total. The van der Waals surface area contributed by atoms with Crippen LogP contribution in [0.25, 0.3) is 10.9 Å². The van der Waals surface area contributed by atoms with Gasteiger partial charge in [0, 0.05) is 62.8 Å². The second kappa shape index (κ2) is 16.5. The average molecular weight is 790 g/mol. The van der Waals surface area contributed by atoms with Crippen molar-refractivity contribution in [1.82, 2.24) is 25.3 Å². The summed E-state index contributed by atoms with van der Waals surface area (Å²) in [5, 5.41) is 15.4. The van der Waals surface area contributed by atoms with E-state index in [0.717, 1.165) is 17.3 Å². The molecular weight excluding hydrogens is 753 g/mol. The van der Waals surface area contributed by atoms with Gasteiger partial charge in [-0.15, -0.1) is 0 Å². The van der Waals surface area contributed by atoms with E-state index in [1.807, 2.05) is 24.3 Å². The summed E-state index contributed by atoms with van der Waals surface area (Å²) >= 11 is 0. The van der Waals surface area contributed by atoms with Crippen LogP contribution in [0.3, 0.4) is 0 Å². The van der Waals surface area contributed by atoms with Gasteiger partial charge in [-0.1, -0.05) is 24.3 Å². The van der Waals surface area contributed by atoms with Gasteiger partial charge in [0.25, 0.3) is 5.91 Å². The lowest BCUT2D eigenvalue weighted by Crippen LogP contribution is -2.47. The lowest BCUT2D eigenvalue weighted by atomic mass is 10.0. The molecule has 0 aliphatic carbocycles. The van der Waals surface area contributed by atoms with Crippen LogP contribution < -0.4 is 20.7 Å². The first-order valence-electron chi connectivity index (χ1n) is 18.0. The SMILES string of the molecule is O=C1CCC(Nc2ccc(CN3CCN(Cc4ccc(C(=O)Nc5n[nH]c6ccc(Cc7cc(F)cc(F)c7)cc56)c(OC(=O)C(F)(F)F)c4)CC3)cc2)C(=O)N1. The first kappa shape index (κ1) is 39.1. The van der Waals surface area contributed by atoms with Crippen LogP contribution in [0.4, 0.5) is 33.5 Å². The maximum atomic E-state index is 13.8. The average Bonchev–Trinajstić information content (AvgIpc) is 3.55. The highest BCUT2D eigenvalue weighted by molar-refractivity contribution is 6.09. The third-order valence-corrected chi connectivity index (χ3v) is 9.73. The minimum absolute atomic E-state index is 0.0390. The Kier molecular flexibility index (Phi) is 11.3. The predicted molar refractivity (Wildman–Crippen MR) is 198 cm³/mol. The van der Waals surface area contributed by atoms with Crippen molar-refractivity contribution < 1.29 is 45.9 Å². The number of anilines is 2. The Morgan fingerprint density at radius 1 is 0.807 bits per heavy atom. The summed E-state index contributed by atoms with van der Waals surface area (Å²) < 4.78 is 72.2. The summed E-state index contributed by atoms with van der Waals surface area (Å²) in [7, 11) is 0. The highest BCUT2D eigenvalue weighted by Crippen LogP contribution is 2.29. The minimum atomic E-state index is -5.32. The highest BCUT2D eigenvalue weighted by Gasteiger charge is 2.42. The zero-order valence-corrected chi connectivity index (χ0v) is 30.2. The van der Waals surface area contributed by atoms with Gasteiger partial charge in [-0.05, 0) is 83.6 Å². The van der Waals surface area contributed by atoms with Crippen LogP contribution in [0.15, 0.2) is 78.9 Å². The molecule has 2 fully saturated rings. The number of rotatable bonds is 11. The molecule has 2 aliphatic heterocycles. The lowest BCUT2D eigenvalue weighted by Gasteiger charge is -2.34. The summed E-state index contributed by atoms with van der Waals surface area (Å²) in [4.78, 5) is 53.3. The standard InChI is InChI=1S/C40H36F5N7O5/c41-27-16-26(17-28(42)20-27)15-24-4-8-32-31(18-24)36(50-49-32)48-37(54)30-7-3-25(19-34(30)57-39(56)40(43,44)45)22-52-13-11-51(12-14-52)21-23-1-5-29(6-2-23)46-33-9-10-35(53)47-38(33)55/h1-8,16-20,33,46H,9-15,21-22H2,(H,47,53,55)(H2,48,49,50,54). The number of halogens is 5. The third kappa shape index (κ3) is 9.79. The van der Waals surface area contributed by atoms with E-state index >= 15 is 0 Å². The molecule has 1 atom stereocenters. The van der Waals surface area contributed by atoms with Gasteiger partial charge in [0.05, 0.1) is 11.1 Å². The number of piperazine rings is 1. The molecule has 4 aromatic carbocycles. The van der Waals surface area contributed by atoms with Gasteiger partial charge in [0.1, 0.15) is 23.4 Å². The van der Waals surface area contributed by atoms with E-state index in [2.05, 4.69) is 35.9 Å². The number of H-pyrrole nitrogens is 1. The van der Waals surface area contributed by atoms with Gasteiger partial charge >= 0.3 is 12.1 Å². The second-order valence-corrected chi connectivity index (χ2v) is 14.0. The van der Waals surface area contributed by atoms with E-state index in [1.54, 1.807) is 24.3 Å². The van der Waals surface area contributed by atoms with E-state index < -0.39 is 41.5 Å². The molecule has 5 aromatic rings. The molecule has 1 aromatic heterocycles. The number of esters is 1. The van der Waals surface area contributed by atoms with Crippen molar-refractivity contribution in [2.24, 2.45) is 0 Å². The Bertz CT molecular complexity index is 2300. The molecule has 0 bridgehead atoms. The van der Waals surface area contributed by atoms with Gasteiger partial charge in [0.15, 0.2) is 5.82 Å². The van der Waals surface area contributed by atoms with Crippen LogP contribution in [0.1, 0.15) is 45.5 Å². The summed E-state index contributed by atoms with van der Waals surface area (Å²) in [5.74, 6) is -5.97. The van der Waals surface area contributed by atoms with E-state index in [0.29, 0.717) is 73.3 Å². The Morgan fingerprint density at radius 3 is 2.12 bits per heavy atom. The van der Waals surface area contributed by atoms with E-state index in [4.69, 9.17) is 4.74 Å². The molecule has 3 heterocycles. The van der Waals surface area contributed by atoms with Gasteiger partial charge in [-0.25, -0.2) is 13.6 Å². The third-order valence-electron chi connectivity index (χ3n) is 9.73. The van der Waals surface area contributed by atoms with Crippen molar-refractivity contribution in [1.29, 1.82) is 0 Å². The molecule has 2 aliphatic rings. The molecule has 7 rings (SSSR count). The Morgan fingerprint density at radius 2 is 1.46 bits per heavy atom. The van der Waals surface area contributed by atoms with Crippen molar-refractivity contribution in [3.8, 4) is 5.75 Å². The molecule has 17 heteroatoms. The van der Waals surface area contributed by atoms with E-state index in [-0.39, 0.29) is 36.0 Å². The zero-order chi connectivity index (χ0) is 40.3. The Balaban J connectivity index is 0.986. The minimum Gasteiger partial charge on any atom is -0.419 e. The number of fused-ring (bicyclic) bond motifs is 1. The predicted octanol–water partition coefficient (Wildman–Crippen LogP) is 5.69. The van der Waals surface area contributed by atoms with E-state index in [9.17, 15) is 41.1 Å². The fraction of sp³-hybridized carbons (Fsp3) is 0.275. The van der Waals surface area contributed by atoms with Gasteiger partial charge in [-0.2, -0.15) is 18.3 Å². The highest BCUT2D eigenvalue weighted by atomic mass is 19.4. The number of ether oxygens (including phenoxy) is 1. The first-order chi connectivity index (χ1) is 27.2. The fourth-order valence-electron chi connectivity index (χ4n) is 6.85. The van der Waals surface area contributed by atoms with Crippen LogP contribution in [0.2, 0.25) is 0 Å². The monoisotopic (exact) mass is 789 g/mol. The normalized spacial score (nSPS) is 16.7. The summed E-state index contributed by atoms with van der Waals surface area (Å²) in [6, 6.07) is 19.5. The number of nitrogens with zero attached hydrogens (tertiary/aromatic N) is 3. The number of benzene rings is 4. The number of amides is 3. The number of alkyl halides is 3. The number of hydrogen-bond acceptors (Lipinski definition) is 9. The zero-order valence-electron chi connectivity index (χ0n) is 30.2. The second-order valence-electron chi connectivity index (χ2n) is 14.0. The molecule has 0 radical (unpaired) electrons. The van der Waals surface area contributed by atoms with Gasteiger partial charge in [0.2, 0.25) is 11.8 Å². The van der Waals surface area contributed by atoms with Gasteiger partial charge < -0.3 is 15.4 Å². The Labute approximate surface area is 322 Å². The van der Waals surface area contributed by atoms with Crippen LogP contribution in [-0.4, -0.2) is 82.1 Å². The van der Waals surface area contributed by atoms with Crippen LogP contribution >= 0.6 is 0 Å². The maximum absolute atomic E-state index is 13.8. The number of piperidine rings is 1. The molecule has 4 N–H and O–H groups in total. The summed E-state index contributed by atoms with van der Waals surface area (Å²) in [6.45, 7) is 3.66. The first-order valence-corrected chi connectivity index (χ1v) is 18.0. The molecule has 3 amide bonds. The number of aromatic amines is 1. The number of imide groups is 1. The van der Waals surface area contributed by atoms with Crippen LogP contribution in [0.5, 0.6) is 5.75 Å². The number of nitrogens with one attached hydrogen (secondary N) is 4. The maximum Gasteiger partial charge on any atom is 0.491 e. The van der Waals surface area contributed by atoms with Crippen molar-refractivity contribution in [2.75, 3.05) is 36.8 Å². The fourth-order valence-corrected chi connectivity index (χ4v) is 6.85. The smallest absolute Gasteiger partial charge is 0.419 e. The van der Waals surface area contributed by atoms with Gasteiger partial charge in [-0.3, -0.25) is 34.6 Å². The van der Waals surface area contributed by atoms with Crippen molar-refractivity contribution in [2.45, 2.75) is 44.6 Å². The van der Waals surface area contributed by atoms with Crippen molar-refractivity contribution in [3.05, 3.63) is 118 Å². The molecular formula is C40H36F5N7O5. The summed E-state index contributed by atoms with van der Waals surface area (Å²) in [5.41, 5.74) is 3.55. The van der Waals surface area contributed by atoms with Crippen molar-refractivity contribution >= 4 is 46.1 Å². The molecule has 0 spiro atoms. The Hall–Kier alpha value is -6.20. The van der Waals surface area contributed by atoms with Crippen LogP contribution in [-0.2, 0) is 33.9 Å². The van der Waals surface area contributed by atoms with Crippen LogP contribution in [0, 0.1) is 11.6 Å². The molecule has 2 saturated heterocycles. The van der Waals surface area contributed by atoms with E-state index in [1.165, 1.54) is 24.3 Å². The van der Waals surface area contributed by atoms with Crippen molar-refractivity contribution in [3.63, 3.8) is 0 Å². The number of hydrogen-bond donors (Lipinski definition) is 4. The largest absolute Gasteiger partial charge is 0.491 e. The molecule has 1 unspecified atom stereocenters. The molecule has 296 valence electrons. The molecule has 0 saturated carbocycles. The number of carbonyl (C=O) groups excluding carboxylic acids is 4. The lowest BCUT2D eigenvalue weighted by molar-refractivity contribution is -0.189. The summed E-state index contributed by atoms with van der Waals surface area (Å²) in [6.07, 6.45) is -4.44. The number of aromatic nitrogens is 2.